The quantitative estimate of drug-likeness (QED) is 0.247. The van der Waals surface area contributed by atoms with Crippen LogP contribution in [0.15, 0.2) is 75.0 Å². The maximum atomic E-state index is 13.0. The van der Waals surface area contributed by atoms with E-state index in [0.29, 0.717) is 34.2 Å². The lowest BCUT2D eigenvalue weighted by Gasteiger charge is -2.11. The van der Waals surface area contributed by atoms with E-state index >= 15 is 0 Å². The summed E-state index contributed by atoms with van der Waals surface area (Å²) in [5, 5.41) is 3.44. The monoisotopic (exact) mass is 387 g/mol. The fourth-order valence-corrected chi connectivity index (χ4v) is 4.29. The lowest BCUT2D eigenvalue weighted by atomic mass is 10.1. The molecule has 0 amide bonds. The van der Waals surface area contributed by atoms with Crippen LogP contribution in [-0.2, 0) is 12.3 Å². The Hall–Kier alpha value is -3.12. The molecule has 5 nitrogen and oxygen atoms in total. The summed E-state index contributed by atoms with van der Waals surface area (Å²) in [5.74, 6) is 1.14. The minimum absolute atomic E-state index is 0.0154. The molecule has 2 heterocycles. The molecule has 0 aliphatic heterocycles. The van der Waals surface area contributed by atoms with Gasteiger partial charge in [0, 0.05) is 6.54 Å². The van der Waals surface area contributed by atoms with Gasteiger partial charge in [0.2, 0.25) is 5.89 Å². The van der Waals surface area contributed by atoms with Crippen LogP contribution in [0.3, 0.4) is 0 Å². The Bertz CT molecular complexity index is 1350. The molecule has 2 aromatic heterocycles. The van der Waals surface area contributed by atoms with E-state index < -0.39 is 0 Å². The fourth-order valence-electron chi connectivity index (χ4n) is 3.38. The zero-order valence-corrected chi connectivity index (χ0v) is 16.1. The van der Waals surface area contributed by atoms with Crippen molar-refractivity contribution in [1.29, 1.82) is 0 Å². The van der Waals surface area contributed by atoms with Crippen LogP contribution in [-0.4, -0.2) is 14.5 Å². The molecule has 5 aromatic rings. The van der Waals surface area contributed by atoms with Crippen LogP contribution in [0.4, 0.5) is 0 Å². The summed E-state index contributed by atoms with van der Waals surface area (Å²) in [6.45, 7) is 2.52. The third-order valence-corrected chi connectivity index (χ3v) is 5.73. The first-order chi connectivity index (χ1) is 13.7. The van der Waals surface area contributed by atoms with Gasteiger partial charge in [-0.1, -0.05) is 48.2 Å². The Labute approximate surface area is 165 Å². The molecular weight excluding hydrogens is 370 g/mol. The highest BCUT2D eigenvalue weighted by Crippen LogP contribution is 2.26. The molecule has 0 saturated carbocycles. The van der Waals surface area contributed by atoms with Gasteiger partial charge in [-0.05, 0) is 42.0 Å². The predicted molar refractivity (Wildman–Crippen MR) is 113 cm³/mol. The Morgan fingerprint density at radius 3 is 2.50 bits per heavy atom. The molecule has 138 valence electrons. The first-order valence-electron chi connectivity index (χ1n) is 9.13. The average molecular weight is 387 g/mol. The SMILES string of the molecule is CCn1c(SCc2nc3ccccc3o2)nc2cc3ccccc3cc2c1=O. The number of thioether (sulfide) groups is 1. The number of oxazole rings is 1. The van der Waals surface area contributed by atoms with Crippen molar-refractivity contribution in [3.05, 3.63) is 76.9 Å². The highest BCUT2D eigenvalue weighted by Gasteiger charge is 2.13. The zero-order valence-electron chi connectivity index (χ0n) is 15.3. The normalized spacial score (nSPS) is 11.6. The summed E-state index contributed by atoms with van der Waals surface area (Å²) in [7, 11) is 0. The number of hydrogen-bond acceptors (Lipinski definition) is 5. The Morgan fingerprint density at radius 2 is 1.71 bits per heavy atom. The van der Waals surface area contributed by atoms with Crippen LogP contribution in [0.5, 0.6) is 0 Å². The van der Waals surface area contributed by atoms with Crippen LogP contribution in [0, 0.1) is 0 Å². The van der Waals surface area contributed by atoms with Gasteiger partial charge in [0.25, 0.3) is 5.56 Å². The number of para-hydroxylation sites is 2. The lowest BCUT2D eigenvalue weighted by molar-refractivity contribution is 0.555. The van der Waals surface area contributed by atoms with Crippen molar-refractivity contribution >= 4 is 44.5 Å². The number of fused-ring (bicyclic) bond motifs is 3. The van der Waals surface area contributed by atoms with Gasteiger partial charge in [0.05, 0.1) is 16.7 Å². The third kappa shape index (κ3) is 2.86. The highest BCUT2D eigenvalue weighted by molar-refractivity contribution is 7.98. The van der Waals surface area contributed by atoms with Gasteiger partial charge < -0.3 is 4.42 Å². The smallest absolute Gasteiger partial charge is 0.262 e. The Kier molecular flexibility index (Phi) is 4.13. The van der Waals surface area contributed by atoms with Crippen LogP contribution in [0.1, 0.15) is 12.8 Å². The molecule has 0 spiro atoms. The van der Waals surface area contributed by atoms with Gasteiger partial charge >= 0.3 is 0 Å². The third-order valence-electron chi connectivity index (χ3n) is 4.77. The van der Waals surface area contributed by atoms with E-state index in [0.717, 1.165) is 21.9 Å². The van der Waals surface area contributed by atoms with Crippen molar-refractivity contribution in [2.24, 2.45) is 0 Å². The molecule has 28 heavy (non-hydrogen) atoms. The fraction of sp³-hybridized carbons (Fsp3) is 0.136. The Balaban J connectivity index is 1.57. The molecule has 0 saturated heterocycles. The van der Waals surface area contributed by atoms with E-state index in [4.69, 9.17) is 9.40 Å². The van der Waals surface area contributed by atoms with E-state index in [1.54, 1.807) is 4.57 Å². The van der Waals surface area contributed by atoms with Gasteiger partial charge in [-0.15, -0.1) is 0 Å². The summed E-state index contributed by atoms with van der Waals surface area (Å²) >= 11 is 1.47. The van der Waals surface area contributed by atoms with Gasteiger partial charge in [0.1, 0.15) is 5.52 Å². The molecule has 0 radical (unpaired) electrons. The van der Waals surface area contributed by atoms with E-state index in [1.807, 2.05) is 67.6 Å². The number of hydrogen-bond donors (Lipinski definition) is 0. The van der Waals surface area contributed by atoms with Gasteiger partial charge in [-0.3, -0.25) is 9.36 Å². The van der Waals surface area contributed by atoms with E-state index in [1.165, 1.54) is 11.8 Å². The standard InChI is InChI=1S/C22H17N3O2S/c1-2-25-21(26)16-11-14-7-3-4-8-15(14)12-18(16)24-22(25)28-13-20-23-17-9-5-6-10-19(17)27-20/h3-12H,2,13H2,1H3. The largest absolute Gasteiger partial charge is 0.440 e. The first-order valence-corrected chi connectivity index (χ1v) is 10.1. The molecule has 5 rings (SSSR count). The molecule has 0 atom stereocenters. The van der Waals surface area contributed by atoms with Crippen molar-refractivity contribution in [3.8, 4) is 0 Å². The van der Waals surface area contributed by atoms with E-state index in [9.17, 15) is 4.79 Å². The second-order valence-electron chi connectivity index (χ2n) is 6.52. The van der Waals surface area contributed by atoms with Crippen LogP contribution in [0.2, 0.25) is 0 Å². The molecule has 3 aromatic carbocycles. The topological polar surface area (TPSA) is 60.9 Å². The van der Waals surface area contributed by atoms with Crippen molar-refractivity contribution in [2.45, 2.75) is 24.4 Å². The van der Waals surface area contributed by atoms with Gasteiger partial charge in [-0.2, -0.15) is 0 Å². The summed E-state index contributed by atoms with van der Waals surface area (Å²) in [5.41, 5.74) is 2.31. The van der Waals surface area contributed by atoms with E-state index in [2.05, 4.69) is 4.98 Å². The maximum absolute atomic E-state index is 13.0. The van der Waals surface area contributed by atoms with Crippen LogP contribution >= 0.6 is 11.8 Å². The number of nitrogens with zero attached hydrogens (tertiary/aromatic N) is 3. The minimum Gasteiger partial charge on any atom is -0.440 e. The van der Waals surface area contributed by atoms with Crippen molar-refractivity contribution in [3.63, 3.8) is 0 Å². The van der Waals surface area contributed by atoms with Crippen LogP contribution < -0.4 is 5.56 Å². The average Bonchev–Trinajstić information content (AvgIpc) is 3.14. The first kappa shape index (κ1) is 17.0. The van der Waals surface area contributed by atoms with Gasteiger partial charge in [-0.25, -0.2) is 9.97 Å². The highest BCUT2D eigenvalue weighted by atomic mass is 32.2. The molecule has 6 heteroatoms. The molecule has 0 N–H and O–H groups in total. The number of benzene rings is 3. The summed E-state index contributed by atoms with van der Waals surface area (Å²) in [6.07, 6.45) is 0. The van der Waals surface area contributed by atoms with Crippen molar-refractivity contribution in [2.75, 3.05) is 0 Å². The Morgan fingerprint density at radius 1 is 0.964 bits per heavy atom. The minimum atomic E-state index is -0.0154. The van der Waals surface area contributed by atoms with Crippen molar-refractivity contribution < 1.29 is 4.42 Å². The van der Waals surface area contributed by atoms with E-state index in [-0.39, 0.29) is 5.56 Å². The second-order valence-corrected chi connectivity index (χ2v) is 7.47. The molecule has 0 aliphatic rings. The van der Waals surface area contributed by atoms with Gasteiger partial charge in [0.15, 0.2) is 10.7 Å². The molecule has 0 unspecified atom stereocenters. The molecule has 0 fully saturated rings. The summed E-state index contributed by atoms with van der Waals surface area (Å²) < 4.78 is 7.50. The maximum Gasteiger partial charge on any atom is 0.262 e. The molecule has 0 bridgehead atoms. The van der Waals surface area contributed by atoms with Crippen molar-refractivity contribution in [1.82, 2.24) is 14.5 Å². The van der Waals surface area contributed by atoms with Crippen LogP contribution in [0.25, 0.3) is 32.8 Å². The zero-order chi connectivity index (χ0) is 19.1. The second kappa shape index (κ2) is 6.80. The summed E-state index contributed by atoms with van der Waals surface area (Å²) in [4.78, 5) is 22.3. The molecule has 0 aliphatic carbocycles. The molecular formula is C22H17N3O2S. The summed E-state index contributed by atoms with van der Waals surface area (Å²) in [6, 6.07) is 19.6. The number of aromatic nitrogens is 3. The predicted octanol–water partition coefficient (Wildman–Crippen LogP) is 5.00. The lowest BCUT2D eigenvalue weighted by Crippen LogP contribution is -2.22. The number of rotatable bonds is 4.